The molecule has 0 saturated carbocycles. The van der Waals surface area contributed by atoms with Crippen molar-refractivity contribution in [2.75, 3.05) is 187 Å². The van der Waals surface area contributed by atoms with Crippen molar-refractivity contribution in [2.45, 2.75) is 97.0 Å². The van der Waals surface area contributed by atoms with Crippen LogP contribution in [0.5, 0.6) is 0 Å². The number of fused-ring (bicyclic) bond motifs is 3. The van der Waals surface area contributed by atoms with Gasteiger partial charge in [0, 0.05) is 199 Å². The van der Waals surface area contributed by atoms with E-state index in [1.165, 1.54) is 34.1 Å². The zero-order valence-electron chi connectivity index (χ0n) is 64.5. The number of carbonyl (C=O) groups excluding carboxylic acids is 3. The van der Waals surface area contributed by atoms with Crippen LogP contribution in [-0.2, 0) is 92.5 Å². The van der Waals surface area contributed by atoms with Gasteiger partial charge in [-0.15, -0.1) is 0 Å². The molecule has 23 nitrogen and oxygen atoms in total. The number of hydrogen-bond donors (Lipinski definition) is 1. The Kier molecular flexibility index (Phi) is 35.9. The van der Waals surface area contributed by atoms with Crippen LogP contribution in [0.1, 0.15) is 113 Å². The lowest BCUT2D eigenvalue weighted by atomic mass is 9.85. The van der Waals surface area contributed by atoms with Crippen molar-refractivity contribution in [3.05, 3.63) is 189 Å². The first-order valence-electron chi connectivity index (χ1n) is 37.7. The molecule has 3 atom stereocenters. The van der Waals surface area contributed by atoms with Crippen LogP contribution < -0.4 is 5.32 Å². The number of ether oxygens (including phenoxy) is 6. The smallest absolute Gasteiger partial charge is 0.242 e. The first kappa shape index (κ1) is 91.1. The van der Waals surface area contributed by atoms with Crippen molar-refractivity contribution in [1.82, 2.24) is 37.8 Å². The molecule has 3 heterocycles. The highest BCUT2D eigenvalue weighted by Crippen LogP contribution is 2.43. The molecule has 0 radical (unpaired) electrons. The Labute approximate surface area is 691 Å². The summed E-state index contributed by atoms with van der Waals surface area (Å²) in [5.74, 6) is -0.620. The molecule has 0 fully saturated rings. The fourth-order valence-electron chi connectivity index (χ4n) is 14.0. The third-order valence-corrected chi connectivity index (χ3v) is 27.5. The average Bonchev–Trinajstić information content (AvgIpc) is 0.765. The van der Waals surface area contributed by atoms with E-state index < -0.39 is 30.1 Å². The molecule has 0 aromatic heterocycles. The van der Waals surface area contributed by atoms with Gasteiger partial charge < -0.3 is 53.3 Å². The van der Waals surface area contributed by atoms with Gasteiger partial charge in [0.1, 0.15) is 11.6 Å². The maximum atomic E-state index is 13.7. The van der Waals surface area contributed by atoms with E-state index in [0.717, 1.165) is 50.1 Å². The summed E-state index contributed by atoms with van der Waals surface area (Å²) in [4.78, 5) is 48.5. The van der Waals surface area contributed by atoms with Crippen molar-refractivity contribution < 1.29 is 68.1 Å². The van der Waals surface area contributed by atoms with E-state index in [1.54, 1.807) is 72.8 Å². The van der Waals surface area contributed by atoms with Gasteiger partial charge in [-0.25, -0.2) is 25.3 Å². The topological polar surface area (TPSA) is 244 Å². The van der Waals surface area contributed by atoms with Gasteiger partial charge in [0.05, 0.1) is 80.8 Å². The van der Waals surface area contributed by atoms with E-state index in [9.17, 15) is 39.6 Å². The van der Waals surface area contributed by atoms with E-state index >= 15 is 0 Å². The first-order chi connectivity index (χ1) is 53.5. The van der Waals surface area contributed by atoms with Gasteiger partial charge in [0.15, 0.2) is 0 Å². The molecule has 0 bridgehead atoms. The summed E-state index contributed by atoms with van der Waals surface area (Å²) in [5, 5.41) is 6.18. The number of hydrogen-bond acceptors (Lipinski definition) is 19. The van der Waals surface area contributed by atoms with Gasteiger partial charge in [-0.3, -0.25) is 14.4 Å². The van der Waals surface area contributed by atoms with E-state index in [0.29, 0.717) is 115 Å². The molecule has 1 amide bonds. The average molecular weight is 1730 g/mol. The minimum absolute atomic E-state index is 0.000121. The molecular weight excluding hydrogens is 1620 g/mol. The fourth-order valence-corrected chi connectivity index (χ4v) is 19.4. The van der Waals surface area contributed by atoms with Crippen LogP contribution in [0, 0.1) is 0 Å². The minimum Gasteiger partial charge on any atom is -0.379 e. The number of likely N-dealkylation sites (N-methyl/N-ethyl adjacent to an activating group) is 6. The molecule has 3 aliphatic heterocycles. The van der Waals surface area contributed by atoms with Crippen molar-refractivity contribution in [3.63, 3.8) is 0 Å². The minimum atomic E-state index is -3.86. The lowest BCUT2D eigenvalue weighted by Crippen LogP contribution is -2.34. The highest BCUT2D eigenvalue weighted by atomic mass is 35.5. The van der Waals surface area contributed by atoms with Crippen LogP contribution in [-0.4, -0.2) is 262 Å². The molecule has 3 aliphatic rings. The van der Waals surface area contributed by atoms with Gasteiger partial charge in [-0.1, -0.05) is 106 Å². The Balaban J connectivity index is 0.656. The first-order valence-corrected chi connectivity index (χ1v) is 44.3. The summed E-state index contributed by atoms with van der Waals surface area (Å²) in [7, 11) is -1.02. The largest absolute Gasteiger partial charge is 0.379 e. The Bertz CT molecular complexity index is 4070. The molecule has 0 spiro atoms. The van der Waals surface area contributed by atoms with Gasteiger partial charge in [-0.2, -0.15) is 12.9 Å². The van der Waals surface area contributed by atoms with Crippen molar-refractivity contribution in [1.29, 1.82) is 0 Å². The predicted molar refractivity (Wildman–Crippen MR) is 439 cm³/mol. The molecule has 614 valence electrons. The van der Waals surface area contributed by atoms with Crippen LogP contribution in [0.3, 0.4) is 0 Å². The van der Waals surface area contributed by atoms with Crippen LogP contribution in [0.4, 0.5) is 0 Å². The highest BCUT2D eigenvalue weighted by Gasteiger charge is 2.34. The number of ketones is 2. The molecule has 0 unspecified atom stereocenters. The summed E-state index contributed by atoms with van der Waals surface area (Å²) < 4.78 is 121. The van der Waals surface area contributed by atoms with Crippen LogP contribution in [0.15, 0.2) is 124 Å². The number of rotatable bonds is 47. The number of amides is 1. The predicted octanol–water partition coefficient (Wildman–Crippen LogP) is 12.0. The molecule has 0 aliphatic carbocycles. The van der Waals surface area contributed by atoms with Crippen molar-refractivity contribution in [3.8, 4) is 0 Å². The number of benzene rings is 6. The lowest BCUT2D eigenvalue weighted by molar-refractivity contribution is -0.121. The molecule has 112 heavy (non-hydrogen) atoms. The van der Waals surface area contributed by atoms with Gasteiger partial charge in [-0.05, 0) is 157 Å². The zero-order valence-corrected chi connectivity index (χ0v) is 71.5. The van der Waals surface area contributed by atoms with E-state index in [-0.39, 0.29) is 174 Å². The Morgan fingerprint density at radius 1 is 0.393 bits per heavy atom. The maximum absolute atomic E-state index is 13.7. The number of carbonyl (C=O) groups is 3. The third-order valence-electron chi connectivity index (χ3n) is 20.3. The molecule has 0 saturated heterocycles. The Morgan fingerprint density at radius 2 is 0.696 bits per heavy atom. The maximum Gasteiger partial charge on any atom is 0.242 e. The van der Waals surface area contributed by atoms with Crippen molar-refractivity contribution in [2.24, 2.45) is 0 Å². The van der Waals surface area contributed by atoms with Crippen LogP contribution in [0.2, 0.25) is 30.1 Å². The van der Waals surface area contributed by atoms with E-state index in [4.69, 9.17) is 98.0 Å². The van der Waals surface area contributed by atoms with Gasteiger partial charge in [0.2, 0.25) is 36.0 Å². The standard InChI is InChI=1S/C80H104Cl6N8O15S3/c1-88-51-71(68-45-60(81)48-77(84)74(68)54-88)57-12-7-17-65(42-57)110(98,99)91(4)27-33-107-39-36-104-30-10-15-63(95)20-24-94(25-21-64(96)16-11-31-105-37-40-108-34-28-92(5)111(100,101)66-18-8-13-58(43-66)72-52-89(2)55-75-69(72)46-61(82)49-78(75)85)26-22-80(97)87-23-32-106-38-41-109-35-29-93(6)112(102,103)67-19-9-14-59(44-67)73-53-90(3)56-76-70(73)47-62(83)50-79(76)86/h7-9,12-14,17-19,42-50,71-73H,10-11,15-16,20-41,51-56H2,1-6H3,(H,87,97)/t71-,72-,73-/m0/s1. The van der Waals surface area contributed by atoms with E-state index in [2.05, 4.69) is 20.0 Å². The fraction of sp³-hybridized carbons (Fsp3) is 0.512. The summed E-state index contributed by atoms with van der Waals surface area (Å²) in [5.41, 5.74) is 8.38. The normalized spacial score (nSPS) is 16.5. The SMILES string of the molecule is CN1Cc2c(Cl)cc(Cl)cc2[C@H](c2cccc(S(=O)(=O)N(C)CCOCCOCCCC(=O)CCN(CCC(=O)CCCOCCOCCN(C)S(=O)(=O)c3cccc([C@@H]4CN(C)Cc5c(Cl)cc(Cl)cc54)c3)CCC(=O)NCCOCCOCCN(C)S(=O)(=O)c3cccc([C@@H]4CN(C)Cc5c(Cl)cc(Cl)cc54)c3)c2)C1. The summed E-state index contributed by atoms with van der Waals surface area (Å²) in [6.07, 6.45) is 1.95. The monoisotopic (exact) mass is 1720 g/mol. The molecule has 32 heteroatoms. The second-order valence-corrected chi connectivity index (χ2v) is 37.4. The quantitative estimate of drug-likeness (QED) is 0.0349. The summed E-state index contributed by atoms with van der Waals surface area (Å²) in [6.45, 7) is 8.04. The van der Waals surface area contributed by atoms with E-state index in [1.807, 2.05) is 62.4 Å². The number of halogens is 6. The molecule has 6 aromatic carbocycles. The van der Waals surface area contributed by atoms with Gasteiger partial charge >= 0.3 is 0 Å². The second-order valence-electron chi connectivity index (χ2n) is 28.7. The number of nitrogens with one attached hydrogen (secondary N) is 1. The van der Waals surface area contributed by atoms with Crippen molar-refractivity contribution >= 4 is 117 Å². The number of sulfonamides is 3. The summed E-state index contributed by atoms with van der Waals surface area (Å²) >= 11 is 39.0. The number of nitrogens with zero attached hydrogens (tertiary/aromatic N) is 7. The molecule has 9 rings (SSSR count). The lowest BCUT2D eigenvalue weighted by Gasteiger charge is -2.33. The molecular formula is C80H104Cl6N8O15S3. The van der Waals surface area contributed by atoms with Crippen LogP contribution >= 0.6 is 69.6 Å². The Hall–Kier alpha value is -4.80. The Morgan fingerprint density at radius 3 is 1.03 bits per heavy atom. The highest BCUT2D eigenvalue weighted by molar-refractivity contribution is 7.89. The number of Topliss-reactive ketones (excluding diaryl/α,β-unsaturated/α-hetero) is 2. The second kappa shape index (κ2) is 44.1. The summed E-state index contributed by atoms with van der Waals surface area (Å²) in [6, 6.07) is 31.8. The third kappa shape index (κ3) is 26.4. The molecule has 1 N–H and O–H groups in total. The zero-order chi connectivity index (χ0) is 80.7. The van der Waals surface area contributed by atoms with Gasteiger partial charge in [0.25, 0.3) is 0 Å². The van der Waals surface area contributed by atoms with Crippen LogP contribution in [0.25, 0.3) is 0 Å². The molecule has 6 aromatic rings.